The Labute approximate surface area is 146 Å². The number of ether oxygens (including phenoxy) is 2. The molecule has 6 heteroatoms. The number of fused-ring (bicyclic) bond motifs is 3. The van der Waals surface area contributed by atoms with Crippen molar-refractivity contribution in [3.05, 3.63) is 53.3 Å². The highest BCUT2D eigenvalue weighted by Gasteiger charge is 2.51. The summed E-state index contributed by atoms with van der Waals surface area (Å²) in [6, 6.07) is 11.8. The first kappa shape index (κ1) is 16.3. The van der Waals surface area contributed by atoms with Crippen molar-refractivity contribution < 1.29 is 19.4 Å². The van der Waals surface area contributed by atoms with E-state index < -0.39 is 5.97 Å². The molecule has 3 fully saturated rings. The molecule has 25 heavy (non-hydrogen) atoms. The number of nitrogens with zero attached hydrogens (tertiary/aromatic N) is 1. The van der Waals surface area contributed by atoms with Crippen LogP contribution in [0.5, 0.6) is 0 Å². The van der Waals surface area contributed by atoms with Crippen LogP contribution in [0.4, 0.5) is 0 Å². The summed E-state index contributed by atoms with van der Waals surface area (Å²) in [5, 5.41) is 15.9. The Morgan fingerprint density at radius 3 is 2.60 bits per heavy atom. The van der Waals surface area contributed by atoms with Crippen molar-refractivity contribution in [1.29, 1.82) is 0 Å². The maximum Gasteiger partial charge on any atom is 0.356 e. The molecule has 132 valence electrons. The van der Waals surface area contributed by atoms with Gasteiger partial charge in [-0.1, -0.05) is 30.3 Å². The van der Waals surface area contributed by atoms with Crippen molar-refractivity contribution in [2.24, 2.45) is 0 Å². The van der Waals surface area contributed by atoms with Gasteiger partial charge in [0.2, 0.25) is 0 Å². The predicted molar refractivity (Wildman–Crippen MR) is 90.5 cm³/mol. The number of carboxylic acid groups (broad SMARTS) is 1. The van der Waals surface area contributed by atoms with Crippen LogP contribution in [0.3, 0.4) is 0 Å². The molecule has 3 aliphatic rings. The summed E-state index contributed by atoms with van der Waals surface area (Å²) in [6.07, 6.45) is 3.76. The van der Waals surface area contributed by atoms with E-state index in [0.29, 0.717) is 19.8 Å². The monoisotopic (exact) mass is 342 g/mol. The van der Waals surface area contributed by atoms with Gasteiger partial charge in [-0.05, 0) is 37.3 Å². The van der Waals surface area contributed by atoms with Crippen molar-refractivity contribution in [3.63, 3.8) is 0 Å². The van der Waals surface area contributed by atoms with Gasteiger partial charge in [0.1, 0.15) is 0 Å². The largest absolute Gasteiger partial charge is 0.476 e. The van der Waals surface area contributed by atoms with E-state index in [1.807, 2.05) is 18.2 Å². The number of hydrogen-bond acceptors (Lipinski definition) is 4. The molecule has 5 rings (SSSR count). The lowest BCUT2D eigenvalue weighted by atomic mass is 9.64. The van der Waals surface area contributed by atoms with Crippen LogP contribution in [-0.2, 0) is 21.5 Å². The fourth-order valence-corrected chi connectivity index (χ4v) is 3.93. The molecule has 2 saturated heterocycles. The van der Waals surface area contributed by atoms with E-state index in [9.17, 15) is 4.79 Å². The SMILES string of the molecule is O=C(O)c1cc(C23CCC(COCc4ccccc4)(CC2)OC3)[nH]n1. The van der Waals surface area contributed by atoms with Gasteiger partial charge in [0.15, 0.2) is 5.69 Å². The fraction of sp³-hybridized carbons (Fsp3) is 0.474. The molecule has 3 heterocycles. The van der Waals surface area contributed by atoms with Gasteiger partial charge >= 0.3 is 5.97 Å². The summed E-state index contributed by atoms with van der Waals surface area (Å²) in [4.78, 5) is 11.1. The Kier molecular flexibility index (Phi) is 4.09. The van der Waals surface area contributed by atoms with Gasteiger partial charge < -0.3 is 14.6 Å². The zero-order valence-electron chi connectivity index (χ0n) is 14.0. The molecule has 0 atom stereocenters. The highest BCUT2D eigenvalue weighted by Crippen LogP contribution is 2.50. The average molecular weight is 342 g/mol. The lowest BCUT2D eigenvalue weighted by molar-refractivity contribution is -0.186. The number of hydrogen-bond donors (Lipinski definition) is 2. The smallest absolute Gasteiger partial charge is 0.356 e. The molecule has 2 aromatic rings. The quantitative estimate of drug-likeness (QED) is 0.843. The van der Waals surface area contributed by atoms with Crippen LogP contribution in [-0.4, -0.2) is 40.1 Å². The van der Waals surface area contributed by atoms with Crippen molar-refractivity contribution in [2.45, 2.75) is 43.3 Å². The highest BCUT2D eigenvalue weighted by molar-refractivity contribution is 5.85. The number of carboxylic acids is 1. The van der Waals surface area contributed by atoms with E-state index >= 15 is 0 Å². The normalized spacial score (nSPS) is 28.2. The van der Waals surface area contributed by atoms with Crippen LogP contribution in [0.2, 0.25) is 0 Å². The summed E-state index contributed by atoms with van der Waals surface area (Å²) in [7, 11) is 0. The first-order valence-corrected chi connectivity index (χ1v) is 8.66. The first-order chi connectivity index (χ1) is 12.1. The molecular weight excluding hydrogens is 320 g/mol. The van der Waals surface area contributed by atoms with E-state index in [1.165, 1.54) is 5.56 Å². The van der Waals surface area contributed by atoms with E-state index in [4.69, 9.17) is 14.6 Å². The summed E-state index contributed by atoms with van der Waals surface area (Å²) < 4.78 is 12.1. The standard InChI is InChI=1S/C19H22N2O4/c22-17(23)15-10-16(21-20-15)18-6-8-19(9-7-18,25-12-18)13-24-11-14-4-2-1-3-5-14/h1-5,10H,6-9,11-13H2,(H,20,21)(H,22,23). The van der Waals surface area contributed by atoms with Gasteiger partial charge in [-0.15, -0.1) is 0 Å². The fourth-order valence-electron chi connectivity index (χ4n) is 3.93. The minimum atomic E-state index is -1.00. The molecule has 6 nitrogen and oxygen atoms in total. The Morgan fingerprint density at radius 2 is 2.00 bits per heavy atom. The highest BCUT2D eigenvalue weighted by atomic mass is 16.5. The molecule has 1 aromatic carbocycles. The molecule has 2 N–H and O–H groups in total. The van der Waals surface area contributed by atoms with Gasteiger partial charge in [-0.2, -0.15) is 5.10 Å². The molecule has 1 aliphatic carbocycles. The van der Waals surface area contributed by atoms with Crippen LogP contribution in [0.15, 0.2) is 36.4 Å². The Balaban J connectivity index is 1.37. The van der Waals surface area contributed by atoms with Gasteiger partial charge in [-0.25, -0.2) is 4.79 Å². The molecule has 0 radical (unpaired) electrons. The zero-order chi connectivity index (χ0) is 17.3. The molecule has 0 unspecified atom stereocenters. The Morgan fingerprint density at radius 1 is 1.24 bits per heavy atom. The zero-order valence-corrected chi connectivity index (χ0v) is 14.0. The number of aromatic amines is 1. The molecule has 0 amide bonds. The lowest BCUT2D eigenvalue weighted by Gasteiger charge is -2.52. The molecule has 1 aromatic heterocycles. The summed E-state index contributed by atoms with van der Waals surface area (Å²) in [6.45, 7) is 1.78. The topological polar surface area (TPSA) is 84.4 Å². The van der Waals surface area contributed by atoms with Gasteiger partial charge in [-0.3, -0.25) is 5.10 Å². The maximum absolute atomic E-state index is 11.1. The number of benzene rings is 1. The van der Waals surface area contributed by atoms with Crippen LogP contribution in [0.25, 0.3) is 0 Å². The number of rotatable bonds is 6. The van der Waals surface area contributed by atoms with Crippen LogP contribution < -0.4 is 0 Å². The molecule has 2 bridgehead atoms. The minimum absolute atomic E-state index is 0.0676. The second-order valence-corrected chi connectivity index (χ2v) is 7.20. The predicted octanol–water partition coefficient (Wildman–Crippen LogP) is 2.91. The number of nitrogens with one attached hydrogen (secondary N) is 1. The molecule has 2 aliphatic heterocycles. The average Bonchev–Trinajstić information content (AvgIpc) is 3.15. The van der Waals surface area contributed by atoms with E-state index in [1.54, 1.807) is 6.07 Å². The van der Waals surface area contributed by atoms with E-state index in [-0.39, 0.29) is 16.7 Å². The van der Waals surface area contributed by atoms with E-state index in [0.717, 1.165) is 31.4 Å². The number of aromatic nitrogens is 2. The number of carbonyl (C=O) groups is 1. The van der Waals surface area contributed by atoms with Crippen LogP contribution in [0.1, 0.15) is 47.4 Å². The Hall–Kier alpha value is -2.18. The third-order valence-corrected chi connectivity index (χ3v) is 5.62. The second-order valence-electron chi connectivity index (χ2n) is 7.20. The minimum Gasteiger partial charge on any atom is -0.476 e. The molecule has 1 saturated carbocycles. The van der Waals surface area contributed by atoms with Crippen molar-refractivity contribution >= 4 is 5.97 Å². The summed E-state index contributed by atoms with van der Waals surface area (Å²) in [5.74, 6) is -1.00. The van der Waals surface area contributed by atoms with Gasteiger partial charge in [0.05, 0.1) is 25.4 Å². The number of H-pyrrole nitrogens is 1. The molecule has 0 spiro atoms. The second kappa shape index (κ2) is 6.28. The third kappa shape index (κ3) is 3.07. The van der Waals surface area contributed by atoms with Gasteiger partial charge in [0, 0.05) is 11.1 Å². The number of aromatic carboxylic acids is 1. The summed E-state index contributed by atoms with van der Waals surface area (Å²) in [5.41, 5.74) is 1.77. The van der Waals surface area contributed by atoms with Crippen molar-refractivity contribution in [1.82, 2.24) is 10.2 Å². The first-order valence-electron chi connectivity index (χ1n) is 8.66. The summed E-state index contributed by atoms with van der Waals surface area (Å²) >= 11 is 0. The lowest BCUT2D eigenvalue weighted by Crippen LogP contribution is -2.55. The van der Waals surface area contributed by atoms with Crippen LogP contribution in [0, 0.1) is 0 Å². The van der Waals surface area contributed by atoms with Crippen molar-refractivity contribution in [3.8, 4) is 0 Å². The molecular formula is C19H22N2O4. The Bertz CT molecular complexity index is 731. The maximum atomic E-state index is 11.1. The van der Waals surface area contributed by atoms with Gasteiger partial charge in [0.25, 0.3) is 0 Å². The third-order valence-electron chi connectivity index (χ3n) is 5.62. The van der Waals surface area contributed by atoms with Crippen LogP contribution >= 0.6 is 0 Å². The van der Waals surface area contributed by atoms with E-state index in [2.05, 4.69) is 22.3 Å². The van der Waals surface area contributed by atoms with Crippen molar-refractivity contribution in [2.75, 3.05) is 13.2 Å².